The Morgan fingerprint density at radius 2 is 1.75 bits per heavy atom. The lowest BCUT2D eigenvalue weighted by atomic mass is 10.6. The molecule has 0 aliphatic carbocycles. The second-order valence-electron chi connectivity index (χ2n) is 1.98. The normalized spacial score (nSPS) is 10.4. The van der Waals surface area contributed by atoms with Crippen molar-refractivity contribution in [1.82, 2.24) is 0 Å². The molecule has 0 aliphatic rings. The van der Waals surface area contributed by atoms with Crippen molar-refractivity contribution in [2.45, 2.75) is 19.1 Å². The van der Waals surface area contributed by atoms with E-state index >= 15 is 0 Å². The fourth-order valence-corrected chi connectivity index (χ4v) is 0.762. The van der Waals surface area contributed by atoms with Crippen molar-refractivity contribution in [3.8, 4) is 0 Å². The van der Waals surface area contributed by atoms with Crippen LogP contribution in [-0.4, -0.2) is 27.9 Å². The van der Waals surface area contributed by atoms with Crippen LogP contribution < -0.4 is 5.73 Å². The van der Waals surface area contributed by atoms with Gasteiger partial charge in [0.05, 0.1) is 0 Å². The Labute approximate surface area is 75.6 Å². The highest BCUT2D eigenvalue weighted by Gasteiger charge is 1.93. The summed E-state index contributed by atoms with van der Waals surface area (Å²) in [7, 11) is -4.67. The minimum Gasteiger partial charge on any atom is -0.379 e. The molecule has 0 heterocycles. The predicted molar refractivity (Wildman–Crippen MR) is 48.8 cm³/mol. The van der Waals surface area contributed by atoms with Crippen LogP contribution in [0.1, 0.15) is 13.8 Å². The van der Waals surface area contributed by atoms with Gasteiger partial charge in [0.15, 0.2) is 5.17 Å². The van der Waals surface area contributed by atoms with E-state index in [1.807, 2.05) is 13.8 Å². The molecule has 0 atom stereocenters. The number of nitrogens with one attached hydrogen (secondary N) is 1. The molecule has 0 saturated heterocycles. The number of rotatable bonds is 1. The van der Waals surface area contributed by atoms with Crippen LogP contribution in [0.5, 0.6) is 0 Å². The van der Waals surface area contributed by atoms with Crippen LogP contribution in [0, 0.1) is 5.41 Å². The Kier molecular flexibility index (Phi) is 7.39. The maximum absolute atomic E-state index is 8.74. The standard InChI is InChI=1S/C4H10N2S.H2O4S/c1-3(2)7-4(5)6;1-5(2,3)4/h3H,1-2H3,(H3,5,6);(H2,1,2,3,4). The summed E-state index contributed by atoms with van der Waals surface area (Å²) in [6.45, 7) is 4.01. The summed E-state index contributed by atoms with van der Waals surface area (Å²) in [4.78, 5) is 0. The minimum absolute atomic E-state index is 0.204. The highest BCUT2D eigenvalue weighted by molar-refractivity contribution is 8.14. The van der Waals surface area contributed by atoms with Gasteiger partial charge >= 0.3 is 10.4 Å². The number of thioether (sulfide) groups is 1. The van der Waals surface area contributed by atoms with E-state index in [1.54, 1.807) is 0 Å². The van der Waals surface area contributed by atoms with Crippen LogP contribution in [0.4, 0.5) is 0 Å². The molecular formula is C4H12N2O4S2. The fraction of sp³-hybridized carbons (Fsp3) is 0.750. The molecule has 8 heteroatoms. The molecule has 5 N–H and O–H groups in total. The molecule has 0 unspecified atom stereocenters. The van der Waals surface area contributed by atoms with E-state index in [0.29, 0.717) is 5.25 Å². The molecular weight excluding hydrogens is 204 g/mol. The third-order valence-corrected chi connectivity index (χ3v) is 1.09. The number of hydrogen-bond donors (Lipinski definition) is 4. The Morgan fingerprint density at radius 1 is 1.50 bits per heavy atom. The number of amidine groups is 1. The third kappa shape index (κ3) is 53.7. The second kappa shape index (κ2) is 6.23. The van der Waals surface area contributed by atoms with Gasteiger partial charge in [0, 0.05) is 5.25 Å². The molecule has 0 amide bonds. The Hall–Kier alpha value is -0.310. The zero-order chi connectivity index (χ0) is 10.4. The van der Waals surface area contributed by atoms with E-state index in [0.717, 1.165) is 0 Å². The lowest BCUT2D eigenvalue weighted by molar-refractivity contribution is 0.381. The lowest BCUT2D eigenvalue weighted by Gasteiger charge is -1.97. The summed E-state index contributed by atoms with van der Waals surface area (Å²) in [5.74, 6) is 0. The molecule has 12 heavy (non-hydrogen) atoms. The Bertz CT molecular complexity index is 215. The molecule has 0 aliphatic heterocycles. The first-order valence-electron chi connectivity index (χ1n) is 2.83. The lowest BCUT2D eigenvalue weighted by Crippen LogP contribution is -2.06. The topological polar surface area (TPSA) is 124 Å². The van der Waals surface area contributed by atoms with Gasteiger partial charge in [-0.05, 0) is 0 Å². The molecule has 0 aromatic heterocycles. The van der Waals surface area contributed by atoms with Gasteiger partial charge in [-0.15, -0.1) is 0 Å². The van der Waals surface area contributed by atoms with E-state index in [4.69, 9.17) is 28.7 Å². The van der Waals surface area contributed by atoms with Gasteiger partial charge < -0.3 is 5.73 Å². The molecule has 0 bridgehead atoms. The van der Waals surface area contributed by atoms with Crippen LogP contribution in [-0.2, 0) is 10.4 Å². The molecule has 0 aromatic rings. The number of hydrogen-bond acceptors (Lipinski definition) is 4. The first kappa shape index (κ1) is 14.2. The molecule has 74 valence electrons. The second-order valence-corrected chi connectivity index (χ2v) is 4.49. The molecule has 0 fully saturated rings. The summed E-state index contributed by atoms with van der Waals surface area (Å²) in [6.07, 6.45) is 0. The van der Waals surface area contributed by atoms with E-state index in [2.05, 4.69) is 0 Å². The quantitative estimate of drug-likeness (QED) is 0.285. The first-order valence-corrected chi connectivity index (χ1v) is 5.11. The number of nitrogens with two attached hydrogens (primary N) is 1. The van der Waals surface area contributed by atoms with Crippen LogP contribution >= 0.6 is 11.8 Å². The fourth-order valence-electron chi connectivity index (χ4n) is 0.254. The van der Waals surface area contributed by atoms with E-state index in [1.165, 1.54) is 11.8 Å². The van der Waals surface area contributed by atoms with Crippen LogP contribution in [0.25, 0.3) is 0 Å². The van der Waals surface area contributed by atoms with E-state index < -0.39 is 10.4 Å². The predicted octanol–water partition coefficient (Wildman–Crippen LogP) is 0.369. The van der Waals surface area contributed by atoms with Crippen LogP contribution in [0.15, 0.2) is 0 Å². The van der Waals surface area contributed by atoms with Crippen molar-refractivity contribution in [1.29, 1.82) is 5.41 Å². The Balaban J connectivity index is 0. The van der Waals surface area contributed by atoms with Crippen molar-refractivity contribution in [2.75, 3.05) is 0 Å². The molecule has 6 nitrogen and oxygen atoms in total. The largest absolute Gasteiger partial charge is 0.394 e. The van der Waals surface area contributed by atoms with Crippen molar-refractivity contribution >= 4 is 27.3 Å². The summed E-state index contributed by atoms with van der Waals surface area (Å²) in [5.41, 5.74) is 5.04. The van der Waals surface area contributed by atoms with Crippen molar-refractivity contribution in [3.05, 3.63) is 0 Å². The zero-order valence-electron chi connectivity index (χ0n) is 6.68. The minimum atomic E-state index is -4.67. The summed E-state index contributed by atoms with van der Waals surface area (Å²) in [5, 5.41) is 7.41. The third-order valence-electron chi connectivity index (χ3n) is 0.363. The van der Waals surface area contributed by atoms with Crippen LogP contribution in [0.3, 0.4) is 0 Å². The zero-order valence-corrected chi connectivity index (χ0v) is 8.32. The SMILES string of the molecule is CC(C)SC(=N)N.O=S(=O)(O)O. The maximum Gasteiger partial charge on any atom is 0.394 e. The maximum atomic E-state index is 8.74. The summed E-state index contributed by atoms with van der Waals surface area (Å²) < 4.78 is 31.6. The van der Waals surface area contributed by atoms with Gasteiger partial charge in [0.1, 0.15) is 0 Å². The molecule has 0 aromatic carbocycles. The molecule has 0 radical (unpaired) electrons. The Morgan fingerprint density at radius 3 is 1.75 bits per heavy atom. The van der Waals surface area contributed by atoms with Crippen molar-refractivity contribution in [2.24, 2.45) is 5.73 Å². The average molecular weight is 216 g/mol. The van der Waals surface area contributed by atoms with Gasteiger partial charge in [-0.3, -0.25) is 14.5 Å². The van der Waals surface area contributed by atoms with Gasteiger partial charge in [0.2, 0.25) is 0 Å². The van der Waals surface area contributed by atoms with Crippen molar-refractivity contribution < 1.29 is 17.5 Å². The van der Waals surface area contributed by atoms with E-state index in [-0.39, 0.29) is 5.17 Å². The van der Waals surface area contributed by atoms with Gasteiger partial charge in [-0.25, -0.2) is 0 Å². The van der Waals surface area contributed by atoms with Gasteiger partial charge in [0.25, 0.3) is 0 Å². The van der Waals surface area contributed by atoms with Gasteiger partial charge in [-0.1, -0.05) is 25.6 Å². The molecule has 0 rings (SSSR count). The first-order chi connectivity index (χ1) is 5.13. The van der Waals surface area contributed by atoms with E-state index in [9.17, 15) is 0 Å². The summed E-state index contributed by atoms with van der Waals surface area (Å²) in [6, 6.07) is 0. The monoisotopic (exact) mass is 216 g/mol. The van der Waals surface area contributed by atoms with Crippen molar-refractivity contribution in [3.63, 3.8) is 0 Å². The highest BCUT2D eigenvalue weighted by Crippen LogP contribution is 2.05. The molecule has 0 saturated carbocycles. The highest BCUT2D eigenvalue weighted by atomic mass is 32.3. The average Bonchev–Trinajstić information content (AvgIpc) is 1.52. The molecule has 0 spiro atoms. The van der Waals surface area contributed by atoms with Crippen LogP contribution in [0.2, 0.25) is 0 Å². The summed E-state index contributed by atoms with van der Waals surface area (Å²) >= 11 is 1.37. The van der Waals surface area contributed by atoms with Gasteiger partial charge in [-0.2, -0.15) is 8.42 Å². The smallest absolute Gasteiger partial charge is 0.379 e.